The van der Waals surface area contributed by atoms with Gasteiger partial charge in [0.15, 0.2) is 29.1 Å². The molecule has 3 aromatic carbocycles. The van der Waals surface area contributed by atoms with Gasteiger partial charge in [-0.05, 0) is 153 Å². The number of hydrazine groups is 1. The van der Waals surface area contributed by atoms with Gasteiger partial charge in [0.2, 0.25) is 0 Å². The number of carbonyl (C=O) groups is 1. The first-order valence-corrected chi connectivity index (χ1v) is 32.7. The Labute approximate surface area is 462 Å². The van der Waals surface area contributed by atoms with Gasteiger partial charge in [0.05, 0.1) is 17.6 Å². The summed E-state index contributed by atoms with van der Waals surface area (Å²) in [6.07, 6.45) is 5.57. The van der Waals surface area contributed by atoms with Crippen molar-refractivity contribution in [3.8, 4) is 34.5 Å². The number of hydrogen-bond donors (Lipinski definition) is 1. The molecule has 2 aromatic heterocycles. The maximum absolute atomic E-state index is 18.6. The van der Waals surface area contributed by atoms with E-state index in [4.69, 9.17) is 28.9 Å². The third kappa shape index (κ3) is 12.5. The second-order valence-electron chi connectivity index (χ2n) is 24.6. The summed E-state index contributed by atoms with van der Waals surface area (Å²) >= 11 is 0. The van der Waals surface area contributed by atoms with Crippen molar-refractivity contribution >= 4 is 50.0 Å². The molecule has 2 aliphatic heterocycles. The average Bonchev–Trinajstić information content (AvgIpc) is 3.75. The van der Waals surface area contributed by atoms with Gasteiger partial charge < -0.3 is 19.2 Å². The second-order valence-corrected chi connectivity index (χ2v) is 35.5. The van der Waals surface area contributed by atoms with Gasteiger partial charge in [-0.15, -0.1) is 5.54 Å². The lowest BCUT2D eigenvalue weighted by molar-refractivity contribution is 0.0232. The SMILES string of the molecule is CC(C)[Si](C#Cc1c(F)ccc2cc(O[Si](C(C)C)(C(C)C)C(C)C)cc(-c3ncc4c(N5CCCCCN5C(=O)OC(C)(C)C)nc(OC[C@H]5CCCN[C@@H](c6cc(F)c(F)c(F)c6)CC5)nc4c3F)c12)(C(C)C)C(C)C. The lowest BCUT2D eigenvalue weighted by atomic mass is 9.91. The summed E-state index contributed by atoms with van der Waals surface area (Å²) in [6.45, 7) is 33.1. The third-order valence-electron chi connectivity index (χ3n) is 16.5. The number of ether oxygens (including phenoxy) is 2. The molecule has 2 atom stereocenters. The number of pyridine rings is 1. The van der Waals surface area contributed by atoms with Crippen molar-refractivity contribution in [2.24, 2.45) is 5.92 Å². The molecular formula is C61H83F5N6O4Si2. The normalized spacial score (nSPS) is 17.3. The highest BCUT2D eigenvalue weighted by molar-refractivity contribution is 6.90. The minimum Gasteiger partial charge on any atom is -0.543 e. The van der Waals surface area contributed by atoms with Gasteiger partial charge in [-0.1, -0.05) is 95.1 Å². The van der Waals surface area contributed by atoms with Gasteiger partial charge in [-0.3, -0.25) is 9.99 Å². The highest BCUT2D eigenvalue weighted by atomic mass is 28.4. The molecule has 10 nitrogen and oxygen atoms in total. The van der Waals surface area contributed by atoms with Gasteiger partial charge in [0.25, 0.3) is 8.32 Å². The van der Waals surface area contributed by atoms with Crippen LogP contribution >= 0.6 is 0 Å². The highest BCUT2D eigenvalue weighted by Crippen LogP contribution is 2.47. The fraction of sp³-hybridized carbons (Fsp3) is 0.574. The predicted octanol–water partition coefficient (Wildman–Crippen LogP) is 16.7. The Kier molecular flexibility index (Phi) is 19.0. The summed E-state index contributed by atoms with van der Waals surface area (Å²) in [5, 5.41) is 7.81. The molecule has 1 N–H and O–H groups in total. The topological polar surface area (TPSA) is 102 Å². The number of benzene rings is 3. The molecule has 4 heterocycles. The zero-order valence-electron chi connectivity index (χ0n) is 48.7. The lowest BCUT2D eigenvalue weighted by Gasteiger charge is -2.42. The number of nitrogens with zero attached hydrogens (tertiary/aromatic N) is 5. The number of rotatable bonds is 14. The van der Waals surface area contributed by atoms with Gasteiger partial charge in [-0.25, -0.2) is 31.8 Å². The highest BCUT2D eigenvalue weighted by Gasteiger charge is 2.47. The van der Waals surface area contributed by atoms with Crippen LogP contribution in [0.5, 0.6) is 11.8 Å². The molecule has 2 fully saturated rings. The fourth-order valence-corrected chi connectivity index (χ4v) is 23.3. The molecule has 1 amide bonds. The molecule has 2 aliphatic rings. The van der Waals surface area contributed by atoms with E-state index in [1.165, 1.54) is 17.3 Å². The first-order valence-electron chi connectivity index (χ1n) is 28.3. The molecule has 0 unspecified atom stereocenters. The smallest absolute Gasteiger partial charge is 0.429 e. The summed E-state index contributed by atoms with van der Waals surface area (Å²) in [6, 6.07) is 8.34. The monoisotopic (exact) mass is 1110 g/mol. The molecule has 5 aromatic rings. The molecule has 0 spiro atoms. The van der Waals surface area contributed by atoms with Crippen LogP contribution in [-0.2, 0) is 4.74 Å². The Morgan fingerprint density at radius 1 is 0.756 bits per heavy atom. The van der Waals surface area contributed by atoms with Gasteiger partial charge >= 0.3 is 12.1 Å². The Hall–Kier alpha value is -5.32. The number of halogens is 5. The zero-order valence-corrected chi connectivity index (χ0v) is 50.7. The maximum atomic E-state index is 18.6. The summed E-state index contributed by atoms with van der Waals surface area (Å²) in [5.74, 6) is -1.29. The van der Waals surface area contributed by atoms with Crippen molar-refractivity contribution in [3.05, 3.63) is 82.8 Å². The number of aromatic nitrogens is 3. The molecule has 7 rings (SSSR count). The van der Waals surface area contributed by atoms with Crippen LogP contribution in [0.3, 0.4) is 0 Å². The van der Waals surface area contributed by atoms with E-state index in [9.17, 15) is 18.0 Å². The molecular weight excluding hydrogens is 1030 g/mol. The van der Waals surface area contributed by atoms with E-state index in [0.29, 0.717) is 79.4 Å². The van der Waals surface area contributed by atoms with Crippen LogP contribution in [-0.4, -0.2) is 74.3 Å². The number of amides is 1. The van der Waals surface area contributed by atoms with Crippen molar-refractivity contribution in [1.82, 2.24) is 25.3 Å². The second kappa shape index (κ2) is 24.6. The first-order chi connectivity index (χ1) is 36.7. The number of anilines is 1. The van der Waals surface area contributed by atoms with Crippen molar-refractivity contribution in [3.63, 3.8) is 0 Å². The quantitative estimate of drug-likeness (QED) is 0.0504. The molecule has 0 aliphatic carbocycles. The van der Waals surface area contributed by atoms with Crippen molar-refractivity contribution in [2.75, 3.05) is 31.3 Å². The fourth-order valence-electron chi connectivity index (χ4n) is 12.8. The molecule has 78 heavy (non-hydrogen) atoms. The summed E-state index contributed by atoms with van der Waals surface area (Å²) in [7, 11) is -5.02. The van der Waals surface area contributed by atoms with Crippen LogP contribution in [0.25, 0.3) is 32.9 Å². The molecule has 424 valence electrons. The minimum absolute atomic E-state index is 0.0765. The van der Waals surface area contributed by atoms with Crippen molar-refractivity contribution in [1.29, 1.82) is 0 Å². The van der Waals surface area contributed by atoms with Gasteiger partial charge in [0, 0.05) is 36.3 Å². The van der Waals surface area contributed by atoms with E-state index in [-0.39, 0.29) is 79.8 Å². The van der Waals surface area contributed by atoms with Crippen LogP contribution in [0, 0.1) is 46.5 Å². The summed E-state index contributed by atoms with van der Waals surface area (Å²) < 4.78 is 97.9. The Morgan fingerprint density at radius 3 is 2.01 bits per heavy atom. The standard InChI is InChI=1S/C61H83F5N6O4Si2/c1-36(2)77(37(3)4,38(5)6)29-25-46-49(62)23-22-43-30-45(76-78(39(7)8,40(9)10)41(11)12)33-47(53(43)46)56-55(66)57-48(34-68-56)58(71-27-17-16-18-28-72(71)60(73)75-61(13,14)15)70-59(69-57)74-35-42-20-19-26-67-52(24-21-42)44-31-50(63)54(65)51(64)32-44/h22-23,30-34,36-42,52,67H,16-21,24,26-28,35H2,1-15H3/t42-,52+/m0/s1. The predicted molar refractivity (Wildman–Crippen MR) is 308 cm³/mol. The Balaban J connectivity index is 1.45. The number of carbonyl (C=O) groups excluding carboxylic acids is 1. The largest absolute Gasteiger partial charge is 0.543 e. The molecule has 2 saturated heterocycles. The van der Waals surface area contributed by atoms with Crippen LogP contribution in [0.15, 0.2) is 42.6 Å². The Bertz CT molecular complexity index is 2960. The van der Waals surface area contributed by atoms with E-state index < -0.39 is 63.2 Å². The lowest BCUT2D eigenvalue weighted by Crippen LogP contribution is -2.50. The average molecular weight is 1120 g/mol. The van der Waals surface area contributed by atoms with Crippen LogP contribution in [0.1, 0.15) is 166 Å². The first kappa shape index (κ1) is 60.3. The summed E-state index contributed by atoms with van der Waals surface area (Å²) in [5.41, 5.74) is 4.88. The molecule has 0 bridgehead atoms. The zero-order chi connectivity index (χ0) is 57.2. The maximum Gasteiger partial charge on any atom is 0.429 e. The molecule has 17 heteroatoms. The Morgan fingerprint density at radius 2 is 1.40 bits per heavy atom. The number of fused-ring (bicyclic) bond motifs is 2. The van der Waals surface area contributed by atoms with Gasteiger partial charge in [-0.2, -0.15) is 9.97 Å². The summed E-state index contributed by atoms with van der Waals surface area (Å²) in [4.78, 5) is 28.8. The molecule has 0 radical (unpaired) electrons. The number of hydrogen-bond acceptors (Lipinski definition) is 9. The number of nitrogens with one attached hydrogen (secondary N) is 1. The van der Waals surface area contributed by atoms with E-state index in [2.05, 4.69) is 99.9 Å². The van der Waals surface area contributed by atoms with Crippen LogP contribution < -0.4 is 19.5 Å². The minimum atomic E-state index is -2.61. The van der Waals surface area contributed by atoms with E-state index in [0.717, 1.165) is 25.0 Å². The van der Waals surface area contributed by atoms with Gasteiger partial charge in [0.1, 0.15) is 36.5 Å². The van der Waals surface area contributed by atoms with E-state index in [1.54, 1.807) is 37.9 Å². The van der Waals surface area contributed by atoms with Crippen LogP contribution in [0.2, 0.25) is 33.2 Å². The van der Waals surface area contributed by atoms with E-state index in [1.807, 2.05) is 6.07 Å². The van der Waals surface area contributed by atoms with Crippen molar-refractivity contribution < 1.29 is 40.6 Å². The third-order valence-corrected chi connectivity index (χ3v) is 28.8. The van der Waals surface area contributed by atoms with Crippen molar-refractivity contribution in [2.45, 2.75) is 194 Å². The van der Waals surface area contributed by atoms with E-state index >= 15 is 8.78 Å². The molecule has 0 saturated carbocycles. The van der Waals surface area contributed by atoms with Crippen LogP contribution in [0.4, 0.5) is 32.6 Å².